The van der Waals surface area contributed by atoms with Crippen molar-refractivity contribution in [3.8, 4) is 0 Å². The number of nitrogens with zero attached hydrogens (tertiary/aromatic N) is 5. The lowest BCUT2D eigenvalue weighted by molar-refractivity contribution is -0.142. The summed E-state index contributed by atoms with van der Waals surface area (Å²) in [5, 5.41) is 77.6. The van der Waals surface area contributed by atoms with Gasteiger partial charge in [-0.15, -0.1) is 0 Å². The molecule has 1 saturated heterocycles. The SMILES string of the molecule is O=C(O)CCC(NC(=O)N[C@@H](CCCCN(Cc1ccc(Br)cc1)C(=O)CCCCNC(=S)Nc1ccc(CC2CN(CC(=O)O)CCN(CC(=O)O)CCN(CC(=O)O)CCN2CC(=O)O)cc1)C(=O)O)C(=O)O. The Labute approximate surface area is 447 Å². The van der Waals surface area contributed by atoms with E-state index < -0.39 is 85.3 Å². The molecule has 2 aromatic carbocycles. The summed E-state index contributed by atoms with van der Waals surface area (Å²) in [5.74, 6) is -8.62. The molecule has 0 bridgehead atoms. The van der Waals surface area contributed by atoms with Crippen LogP contribution in [0.1, 0.15) is 62.5 Å². The molecule has 11 N–H and O–H groups in total. The van der Waals surface area contributed by atoms with E-state index in [1.54, 1.807) is 36.6 Å². The minimum atomic E-state index is -1.54. The number of carboxylic acids is 7. The second-order valence-corrected chi connectivity index (χ2v) is 19.3. The molecule has 3 rings (SSSR count). The molecule has 2 aromatic rings. The zero-order chi connectivity index (χ0) is 55.5. The number of hydrogen-bond donors (Lipinski definition) is 11. The van der Waals surface area contributed by atoms with Gasteiger partial charge < -0.3 is 61.9 Å². The highest BCUT2D eigenvalue weighted by Gasteiger charge is 2.29. The molecule has 0 radical (unpaired) electrons. The smallest absolute Gasteiger partial charge is 0.326 e. The van der Waals surface area contributed by atoms with Crippen LogP contribution >= 0.6 is 28.1 Å². The van der Waals surface area contributed by atoms with Crippen molar-refractivity contribution >= 4 is 92.7 Å². The number of carbonyl (C=O) groups is 9. The number of urea groups is 1. The van der Waals surface area contributed by atoms with E-state index in [4.69, 9.17) is 17.3 Å². The summed E-state index contributed by atoms with van der Waals surface area (Å²) in [5.41, 5.74) is 2.30. The second-order valence-electron chi connectivity index (χ2n) is 18.0. The first-order valence-electron chi connectivity index (χ1n) is 24.3. The Kier molecular flexibility index (Phi) is 28.0. The van der Waals surface area contributed by atoms with Crippen LogP contribution in [0.2, 0.25) is 0 Å². The third-order valence-electron chi connectivity index (χ3n) is 12.0. The van der Waals surface area contributed by atoms with Crippen molar-refractivity contribution in [2.45, 2.75) is 82.5 Å². The molecule has 414 valence electrons. The molecular weight excluding hydrogens is 1070 g/mol. The van der Waals surface area contributed by atoms with Crippen LogP contribution in [0.3, 0.4) is 0 Å². The number of halogens is 1. The van der Waals surface area contributed by atoms with Gasteiger partial charge in [-0.25, -0.2) is 14.4 Å². The number of aliphatic carboxylic acids is 7. The van der Waals surface area contributed by atoms with Crippen molar-refractivity contribution in [3.05, 3.63) is 64.1 Å². The third-order valence-corrected chi connectivity index (χ3v) is 12.8. The highest BCUT2D eigenvalue weighted by Crippen LogP contribution is 2.18. The van der Waals surface area contributed by atoms with Crippen molar-refractivity contribution in [2.75, 3.05) is 90.4 Å². The highest BCUT2D eigenvalue weighted by molar-refractivity contribution is 9.10. The van der Waals surface area contributed by atoms with Crippen molar-refractivity contribution in [1.29, 1.82) is 0 Å². The molecule has 0 aromatic heterocycles. The number of nitrogens with one attached hydrogen (secondary N) is 4. The van der Waals surface area contributed by atoms with E-state index in [0.717, 1.165) is 15.6 Å². The van der Waals surface area contributed by atoms with Crippen molar-refractivity contribution in [2.24, 2.45) is 0 Å². The Hall–Kier alpha value is -6.52. The molecule has 1 heterocycles. The van der Waals surface area contributed by atoms with Gasteiger partial charge in [0, 0.05) is 94.5 Å². The molecular formula is C48H68BrN9O16S. The molecule has 3 amide bonds. The first kappa shape index (κ1) is 62.8. The van der Waals surface area contributed by atoms with Crippen molar-refractivity contribution in [1.82, 2.24) is 40.4 Å². The number of amides is 3. The van der Waals surface area contributed by atoms with Crippen molar-refractivity contribution < 1.29 is 78.9 Å². The number of thiocarbonyl (C=S) groups is 1. The maximum atomic E-state index is 13.6. The summed E-state index contributed by atoms with van der Waals surface area (Å²) in [6.45, 7) is 0.743. The molecule has 27 heteroatoms. The van der Waals surface area contributed by atoms with E-state index in [0.29, 0.717) is 49.6 Å². The minimum absolute atomic E-state index is 0.0283. The predicted molar refractivity (Wildman–Crippen MR) is 278 cm³/mol. The van der Waals surface area contributed by atoms with Gasteiger partial charge >= 0.3 is 47.8 Å². The molecule has 0 spiro atoms. The summed E-state index contributed by atoms with van der Waals surface area (Å²) >= 11 is 8.94. The fourth-order valence-corrected chi connectivity index (χ4v) is 8.67. The average molecular weight is 1140 g/mol. The number of benzene rings is 2. The summed E-state index contributed by atoms with van der Waals surface area (Å²) in [4.78, 5) is 116. The van der Waals surface area contributed by atoms with Crippen LogP contribution in [0, 0.1) is 0 Å². The Balaban J connectivity index is 1.58. The topological polar surface area (TPSA) is 360 Å². The van der Waals surface area contributed by atoms with Gasteiger partial charge in [0.25, 0.3) is 0 Å². The van der Waals surface area contributed by atoms with E-state index >= 15 is 0 Å². The fraction of sp³-hybridized carbons (Fsp3) is 0.542. The van der Waals surface area contributed by atoms with Gasteiger partial charge in [-0.05, 0) is 92.6 Å². The molecule has 0 saturated carbocycles. The Morgan fingerprint density at radius 3 is 1.67 bits per heavy atom. The second kappa shape index (κ2) is 33.4. The quantitative estimate of drug-likeness (QED) is 0.0391. The molecule has 75 heavy (non-hydrogen) atoms. The molecule has 3 atom stereocenters. The van der Waals surface area contributed by atoms with Crippen LogP contribution in [0.4, 0.5) is 10.5 Å². The number of anilines is 1. The van der Waals surface area contributed by atoms with Gasteiger partial charge in [-0.3, -0.25) is 48.4 Å². The van der Waals surface area contributed by atoms with Crippen LogP contribution in [0.15, 0.2) is 53.0 Å². The van der Waals surface area contributed by atoms with Gasteiger partial charge in [-0.1, -0.05) is 40.2 Å². The Morgan fingerprint density at radius 1 is 0.600 bits per heavy atom. The van der Waals surface area contributed by atoms with Gasteiger partial charge in [0.05, 0.1) is 26.2 Å². The lowest BCUT2D eigenvalue weighted by Crippen LogP contribution is -2.53. The van der Waals surface area contributed by atoms with Gasteiger partial charge in [0.1, 0.15) is 12.1 Å². The van der Waals surface area contributed by atoms with E-state index in [1.165, 1.54) is 0 Å². The average Bonchev–Trinajstić information content (AvgIpc) is 3.32. The standard InChI is InChI=1S/C48H68BrN9O16S/c49-34-11-7-33(8-12-34)26-58(18-4-2-5-37(45(70)71)52-47(74)53-38(46(72)73)15-16-40(60)61)39(59)6-1-3-17-50-48(75)51-35-13-9-32(10-14-35)25-36-27-56(30-43(66)67)22-21-54(28-41(62)63)19-20-55(29-42(64)65)23-24-57(36)31-44(68)69/h7-14,36-38H,1-6,15-31H2,(H,60,61)(H,62,63)(H,64,65)(H,66,67)(H,68,69)(H,70,71)(H,72,73)(H2,50,51,75)(H2,52,53,74)/t36?,37-,38?/m0/s1. The first-order chi connectivity index (χ1) is 35.6. The predicted octanol–water partition coefficient (Wildman–Crippen LogP) is 1.65. The van der Waals surface area contributed by atoms with Gasteiger partial charge in [-0.2, -0.15) is 0 Å². The lowest BCUT2D eigenvalue weighted by atomic mass is 10.0. The van der Waals surface area contributed by atoms with E-state index in [1.807, 2.05) is 36.4 Å². The number of carboxylic acid groups (broad SMARTS) is 7. The third kappa shape index (κ3) is 26.5. The summed E-state index contributed by atoms with van der Waals surface area (Å²) in [7, 11) is 0. The monoisotopic (exact) mass is 1140 g/mol. The van der Waals surface area contributed by atoms with Gasteiger partial charge in [0.2, 0.25) is 5.91 Å². The molecule has 1 aliphatic heterocycles. The van der Waals surface area contributed by atoms with Gasteiger partial charge in [0.15, 0.2) is 5.11 Å². The summed E-state index contributed by atoms with van der Waals surface area (Å²) in [6, 6.07) is 10.1. The molecule has 2 unspecified atom stereocenters. The Morgan fingerprint density at radius 2 is 1.12 bits per heavy atom. The van der Waals surface area contributed by atoms with Crippen LogP contribution in [0.25, 0.3) is 0 Å². The molecule has 1 fully saturated rings. The number of carbonyl (C=O) groups excluding carboxylic acids is 2. The number of rotatable bonds is 30. The zero-order valence-electron chi connectivity index (χ0n) is 41.4. The van der Waals surface area contributed by atoms with Crippen molar-refractivity contribution in [3.63, 3.8) is 0 Å². The van der Waals surface area contributed by atoms with Crippen LogP contribution in [-0.2, 0) is 51.3 Å². The maximum absolute atomic E-state index is 13.6. The minimum Gasteiger partial charge on any atom is -0.481 e. The Bertz CT molecular complexity index is 2250. The van der Waals surface area contributed by atoms with Crippen LogP contribution in [-0.4, -0.2) is 222 Å². The fourth-order valence-electron chi connectivity index (χ4n) is 8.18. The number of unbranched alkanes of at least 4 members (excludes halogenated alkanes) is 2. The first-order valence-corrected chi connectivity index (χ1v) is 25.5. The summed E-state index contributed by atoms with van der Waals surface area (Å²) < 4.78 is 0.856. The van der Waals surface area contributed by atoms with Crippen LogP contribution in [0.5, 0.6) is 0 Å². The maximum Gasteiger partial charge on any atom is 0.326 e. The zero-order valence-corrected chi connectivity index (χ0v) is 43.8. The molecule has 1 aliphatic rings. The summed E-state index contributed by atoms with van der Waals surface area (Å²) in [6.07, 6.45) is 1.30. The highest BCUT2D eigenvalue weighted by atomic mass is 79.9. The normalized spacial score (nSPS) is 15.9. The van der Waals surface area contributed by atoms with E-state index in [2.05, 4.69) is 37.2 Å². The van der Waals surface area contributed by atoms with Crippen LogP contribution < -0.4 is 21.3 Å². The molecule has 0 aliphatic carbocycles. The van der Waals surface area contributed by atoms with E-state index in [9.17, 15) is 73.8 Å². The van der Waals surface area contributed by atoms with E-state index in [-0.39, 0.29) is 97.2 Å². The molecule has 25 nitrogen and oxygen atoms in total. The largest absolute Gasteiger partial charge is 0.481 e. The number of hydrogen-bond acceptors (Lipinski definition) is 14. The lowest BCUT2D eigenvalue weighted by Gasteiger charge is -2.37.